The van der Waals surface area contributed by atoms with Crippen LogP contribution in [0.15, 0.2) is 21.7 Å². The van der Waals surface area contributed by atoms with E-state index >= 15 is 0 Å². The van der Waals surface area contributed by atoms with Gasteiger partial charge in [-0.1, -0.05) is 6.07 Å². The van der Waals surface area contributed by atoms with E-state index in [9.17, 15) is 18.0 Å². The Kier molecular flexibility index (Phi) is 7.53. The number of carbonyl (C=O) groups excluding carboxylic acids is 2. The third-order valence-corrected chi connectivity index (χ3v) is 9.34. The van der Waals surface area contributed by atoms with Crippen LogP contribution in [0.1, 0.15) is 40.0 Å². The van der Waals surface area contributed by atoms with Gasteiger partial charge in [-0.05, 0) is 56.9 Å². The molecule has 1 aromatic rings. The van der Waals surface area contributed by atoms with Crippen LogP contribution in [-0.4, -0.2) is 81.2 Å². The van der Waals surface area contributed by atoms with Gasteiger partial charge in [0.05, 0.1) is 19.3 Å². The van der Waals surface area contributed by atoms with E-state index in [0.29, 0.717) is 43.2 Å². The molecule has 2 fully saturated rings. The molecule has 0 aliphatic carbocycles. The van der Waals surface area contributed by atoms with Crippen LogP contribution >= 0.6 is 11.3 Å². The van der Waals surface area contributed by atoms with Gasteiger partial charge in [0, 0.05) is 26.2 Å². The highest BCUT2D eigenvalue weighted by Crippen LogP contribution is 2.41. The number of urea groups is 1. The molecular weight excluding hydrogens is 454 g/mol. The second-order valence-electron chi connectivity index (χ2n) is 9.46. The van der Waals surface area contributed by atoms with Crippen molar-refractivity contribution in [3.63, 3.8) is 0 Å². The average molecular weight is 488 g/mol. The van der Waals surface area contributed by atoms with Crippen LogP contribution in [0.2, 0.25) is 0 Å². The maximum absolute atomic E-state index is 12.9. The number of hydrogen-bond acceptors (Lipinski definition) is 7. The van der Waals surface area contributed by atoms with Crippen molar-refractivity contribution < 1.29 is 27.5 Å². The molecule has 0 unspecified atom stereocenters. The van der Waals surface area contributed by atoms with Crippen LogP contribution in [-0.2, 0) is 24.3 Å². The van der Waals surface area contributed by atoms with Crippen molar-refractivity contribution in [1.29, 1.82) is 0 Å². The number of ether oxygens (including phenoxy) is 2. The molecule has 2 saturated heterocycles. The van der Waals surface area contributed by atoms with E-state index in [1.165, 1.54) is 18.4 Å². The first-order chi connectivity index (χ1) is 15.0. The molecule has 0 bridgehead atoms. The monoisotopic (exact) mass is 487 g/mol. The number of likely N-dealkylation sites (tertiary alicyclic amines) is 1. The number of thiophene rings is 1. The van der Waals surface area contributed by atoms with Crippen LogP contribution < -0.4 is 5.32 Å². The number of nitrogens with zero attached hydrogens (tertiary/aromatic N) is 2. The van der Waals surface area contributed by atoms with Gasteiger partial charge in [0.2, 0.25) is 0 Å². The summed E-state index contributed by atoms with van der Waals surface area (Å²) in [4.78, 5) is 26.7. The number of carbonyl (C=O) groups is 2. The Morgan fingerprint density at radius 2 is 1.88 bits per heavy atom. The summed E-state index contributed by atoms with van der Waals surface area (Å²) >= 11 is 1.23. The van der Waals surface area contributed by atoms with Crippen molar-refractivity contribution in [2.75, 3.05) is 39.9 Å². The Hall–Kier alpha value is -1.69. The number of amides is 2. The molecule has 0 aromatic carbocycles. The smallest absolute Gasteiger partial charge is 0.330 e. The summed E-state index contributed by atoms with van der Waals surface area (Å²) in [6.07, 6.45) is 2.22. The van der Waals surface area contributed by atoms with E-state index in [-0.39, 0.29) is 18.1 Å². The van der Waals surface area contributed by atoms with Gasteiger partial charge in [0.25, 0.3) is 10.0 Å². The molecule has 2 aliphatic rings. The summed E-state index contributed by atoms with van der Waals surface area (Å²) in [6.45, 7) is 7.64. The fraction of sp³-hybridized carbons (Fsp3) is 0.714. The first-order valence-electron chi connectivity index (χ1n) is 10.8. The molecule has 1 atom stereocenters. The molecule has 9 nitrogen and oxygen atoms in total. The molecule has 0 radical (unpaired) electrons. The Bertz CT molecular complexity index is 902. The first-order valence-corrected chi connectivity index (χ1v) is 13.1. The molecule has 2 amide bonds. The Morgan fingerprint density at radius 3 is 2.44 bits per heavy atom. The van der Waals surface area contributed by atoms with Crippen molar-refractivity contribution >= 4 is 33.4 Å². The standard InChI is InChI=1S/C21H33N3O6S2/c1-20(2,3)30-14-16(18(25)29-4)22-19(26)23-10-7-21(15-23)8-11-24(12-9-21)32(27,28)17-6-5-13-31-17/h5-6,13,16H,7-12,14-15H2,1-4H3,(H,22,26)/t16-/m0/s1. The lowest BCUT2D eigenvalue weighted by Crippen LogP contribution is -2.51. The average Bonchev–Trinajstić information content (AvgIpc) is 3.41. The molecule has 2 aliphatic heterocycles. The van der Waals surface area contributed by atoms with Gasteiger partial charge in [-0.25, -0.2) is 18.0 Å². The third kappa shape index (κ3) is 5.81. The minimum Gasteiger partial charge on any atom is -0.467 e. The highest BCUT2D eigenvalue weighted by atomic mass is 32.2. The lowest BCUT2D eigenvalue weighted by molar-refractivity contribution is -0.146. The normalized spacial score (nSPS) is 20.3. The molecule has 3 rings (SSSR count). The van der Waals surface area contributed by atoms with Crippen molar-refractivity contribution in [2.45, 2.75) is 55.9 Å². The van der Waals surface area contributed by atoms with Crippen molar-refractivity contribution in [3.8, 4) is 0 Å². The number of nitrogens with one attached hydrogen (secondary N) is 1. The molecule has 1 spiro atoms. The fourth-order valence-corrected chi connectivity index (χ4v) is 6.73. The van der Waals surface area contributed by atoms with Gasteiger partial charge in [-0.15, -0.1) is 11.3 Å². The summed E-state index contributed by atoms with van der Waals surface area (Å²) in [6, 6.07) is 2.15. The van der Waals surface area contributed by atoms with Crippen LogP contribution in [0.3, 0.4) is 0 Å². The molecular formula is C21H33N3O6S2. The molecule has 0 saturated carbocycles. The predicted octanol–water partition coefficient (Wildman–Crippen LogP) is 2.29. The zero-order valence-corrected chi connectivity index (χ0v) is 20.8. The maximum Gasteiger partial charge on any atom is 0.330 e. The number of piperidine rings is 1. The predicted molar refractivity (Wildman–Crippen MR) is 121 cm³/mol. The Morgan fingerprint density at radius 1 is 1.22 bits per heavy atom. The number of hydrogen-bond donors (Lipinski definition) is 1. The number of rotatable bonds is 6. The molecule has 1 N–H and O–H groups in total. The van der Waals surface area contributed by atoms with Gasteiger partial charge in [-0.3, -0.25) is 0 Å². The van der Waals surface area contributed by atoms with E-state index in [1.54, 1.807) is 26.7 Å². The summed E-state index contributed by atoms with van der Waals surface area (Å²) in [7, 11) is -2.17. The van der Waals surface area contributed by atoms with Gasteiger partial charge in [0.15, 0.2) is 6.04 Å². The Labute approximate surface area is 194 Å². The fourth-order valence-electron chi connectivity index (χ4n) is 4.14. The molecule has 3 heterocycles. The van der Waals surface area contributed by atoms with Crippen molar-refractivity contribution in [2.24, 2.45) is 5.41 Å². The van der Waals surface area contributed by atoms with Crippen LogP contribution in [0.5, 0.6) is 0 Å². The van der Waals surface area contributed by atoms with Crippen molar-refractivity contribution in [1.82, 2.24) is 14.5 Å². The SMILES string of the molecule is COC(=O)[C@H](COC(C)(C)C)NC(=O)N1CCC2(CCN(S(=O)(=O)c3cccs3)CC2)C1. The number of methoxy groups -OCH3 is 1. The van der Waals surface area contributed by atoms with Crippen molar-refractivity contribution in [3.05, 3.63) is 17.5 Å². The molecule has 11 heteroatoms. The van der Waals surface area contributed by atoms with Gasteiger partial charge in [-0.2, -0.15) is 4.31 Å². The zero-order valence-electron chi connectivity index (χ0n) is 19.1. The number of esters is 1. The lowest BCUT2D eigenvalue weighted by Gasteiger charge is -2.38. The second-order valence-corrected chi connectivity index (χ2v) is 12.6. The summed E-state index contributed by atoms with van der Waals surface area (Å²) < 4.78 is 37.9. The highest BCUT2D eigenvalue weighted by molar-refractivity contribution is 7.91. The van der Waals surface area contributed by atoms with Gasteiger partial charge in [0.1, 0.15) is 4.21 Å². The minimum atomic E-state index is -3.45. The second kappa shape index (κ2) is 9.66. The van der Waals surface area contributed by atoms with E-state index in [4.69, 9.17) is 9.47 Å². The topological polar surface area (TPSA) is 105 Å². The summed E-state index contributed by atoms with van der Waals surface area (Å²) in [5.74, 6) is -0.552. The van der Waals surface area contributed by atoms with E-state index < -0.39 is 27.6 Å². The van der Waals surface area contributed by atoms with E-state index in [1.807, 2.05) is 20.8 Å². The minimum absolute atomic E-state index is 0.0242. The van der Waals surface area contributed by atoms with Crippen LogP contribution in [0, 0.1) is 5.41 Å². The zero-order chi connectivity index (χ0) is 23.6. The largest absolute Gasteiger partial charge is 0.467 e. The van der Waals surface area contributed by atoms with Crippen LogP contribution in [0.4, 0.5) is 4.79 Å². The first kappa shape index (κ1) is 24.9. The molecule has 32 heavy (non-hydrogen) atoms. The highest BCUT2D eigenvalue weighted by Gasteiger charge is 2.44. The van der Waals surface area contributed by atoms with Gasteiger partial charge >= 0.3 is 12.0 Å². The van der Waals surface area contributed by atoms with E-state index in [2.05, 4.69) is 5.32 Å². The Balaban J connectivity index is 1.56. The molecule has 1 aromatic heterocycles. The maximum atomic E-state index is 12.9. The lowest BCUT2D eigenvalue weighted by atomic mass is 9.78. The van der Waals surface area contributed by atoms with Gasteiger partial charge < -0.3 is 19.7 Å². The summed E-state index contributed by atoms with van der Waals surface area (Å²) in [5.41, 5.74) is -0.548. The van der Waals surface area contributed by atoms with Crippen LogP contribution in [0.25, 0.3) is 0 Å². The third-order valence-electron chi connectivity index (χ3n) is 6.06. The quantitative estimate of drug-likeness (QED) is 0.618. The van der Waals surface area contributed by atoms with E-state index in [0.717, 1.165) is 6.42 Å². The summed E-state index contributed by atoms with van der Waals surface area (Å²) in [5, 5.41) is 4.50. The number of sulfonamides is 1. The molecule has 180 valence electrons.